The fourth-order valence-electron chi connectivity index (χ4n) is 2.29. The quantitative estimate of drug-likeness (QED) is 0.757. The first-order valence-corrected chi connectivity index (χ1v) is 7.00. The van der Waals surface area contributed by atoms with Gasteiger partial charge in [-0.25, -0.2) is 4.79 Å². The second-order valence-electron chi connectivity index (χ2n) is 6.42. The molecule has 0 aromatic carbocycles. The molecule has 7 heteroatoms. The third kappa shape index (κ3) is 4.91. The minimum absolute atomic E-state index is 0.135. The van der Waals surface area contributed by atoms with E-state index in [2.05, 4.69) is 10.1 Å². The Morgan fingerprint density at radius 3 is 2.48 bits per heavy atom. The highest BCUT2D eigenvalue weighted by Gasteiger charge is 2.34. The number of nitrogens with zero attached hydrogens (tertiary/aromatic N) is 1. The molecule has 0 saturated carbocycles. The van der Waals surface area contributed by atoms with E-state index in [0.29, 0.717) is 19.5 Å². The van der Waals surface area contributed by atoms with Crippen LogP contribution in [-0.4, -0.2) is 54.2 Å². The van der Waals surface area contributed by atoms with Gasteiger partial charge in [-0.15, -0.1) is 0 Å². The molecule has 1 rings (SSSR count). The molecule has 2 unspecified atom stereocenters. The van der Waals surface area contributed by atoms with Crippen LogP contribution in [0.25, 0.3) is 0 Å². The maximum absolute atomic E-state index is 12.2. The summed E-state index contributed by atoms with van der Waals surface area (Å²) in [7, 11) is 1.33. The first-order valence-electron chi connectivity index (χ1n) is 7.00. The van der Waals surface area contributed by atoms with Crippen LogP contribution in [0.3, 0.4) is 0 Å². The molecule has 2 atom stereocenters. The lowest BCUT2D eigenvalue weighted by atomic mass is 9.85. The first-order chi connectivity index (χ1) is 9.65. The number of carboxylic acid groups (broad SMARTS) is 1. The van der Waals surface area contributed by atoms with Gasteiger partial charge in [0.2, 0.25) is 0 Å². The number of urea groups is 1. The Morgan fingerprint density at radius 1 is 1.38 bits per heavy atom. The molecule has 0 aliphatic carbocycles. The number of carbonyl (C=O) groups is 3. The lowest BCUT2D eigenvalue weighted by Gasteiger charge is -2.32. The second kappa shape index (κ2) is 6.78. The van der Waals surface area contributed by atoms with Crippen LogP contribution in [0.2, 0.25) is 0 Å². The summed E-state index contributed by atoms with van der Waals surface area (Å²) < 4.78 is 4.68. The average Bonchev–Trinajstić information content (AvgIpc) is 2.85. The molecule has 0 aromatic heterocycles. The van der Waals surface area contributed by atoms with Crippen molar-refractivity contribution in [1.29, 1.82) is 0 Å². The first kappa shape index (κ1) is 17.3. The number of likely N-dealkylation sites (tertiary alicyclic amines) is 1. The number of methoxy groups -OCH3 is 1. The van der Waals surface area contributed by atoms with Crippen molar-refractivity contribution in [3.05, 3.63) is 0 Å². The maximum atomic E-state index is 12.2. The molecule has 2 amide bonds. The summed E-state index contributed by atoms with van der Waals surface area (Å²) in [6.07, 6.45) is 0.433. The lowest BCUT2D eigenvalue weighted by Crippen LogP contribution is -2.50. The van der Waals surface area contributed by atoms with E-state index in [1.54, 1.807) is 0 Å². The van der Waals surface area contributed by atoms with Crippen molar-refractivity contribution in [2.24, 2.45) is 11.3 Å². The fourth-order valence-corrected chi connectivity index (χ4v) is 2.29. The molecule has 0 aromatic rings. The van der Waals surface area contributed by atoms with Gasteiger partial charge in [-0.05, 0) is 11.8 Å². The van der Waals surface area contributed by atoms with Crippen LogP contribution in [0.15, 0.2) is 0 Å². The van der Waals surface area contributed by atoms with Gasteiger partial charge in [-0.2, -0.15) is 0 Å². The van der Waals surface area contributed by atoms with Crippen LogP contribution < -0.4 is 5.32 Å². The molecule has 2 N–H and O–H groups in total. The molecular formula is C14H24N2O5. The summed E-state index contributed by atoms with van der Waals surface area (Å²) in [5.74, 6) is -1.57. The van der Waals surface area contributed by atoms with Gasteiger partial charge < -0.3 is 20.1 Å². The second-order valence-corrected chi connectivity index (χ2v) is 6.42. The van der Waals surface area contributed by atoms with Crippen molar-refractivity contribution in [3.8, 4) is 0 Å². The Balaban J connectivity index is 2.63. The van der Waals surface area contributed by atoms with Gasteiger partial charge >= 0.3 is 18.0 Å². The molecule has 0 bridgehead atoms. The Morgan fingerprint density at radius 2 is 2.00 bits per heavy atom. The van der Waals surface area contributed by atoms with Crippen LogP contribution in [0.1, 0.15) is 33.6 Å². The van der Waals surface area contributed by atoms with Crippen LogP contribution in [0, 0.1) is 11.3 Å². The van der Waals surface area contributed by atoms with Gasteiger partial charge in [0.15, 0.2) is 0 Å². The molecule has 1 heterocycles. The highest BCUT2D eigenvalue weighted by molar-refractivity contribution is 5.79. The Kier molecular flexibility index (Phi) is 5.57. The number of rotatable bonds is 4. The number of carboxylic acids is 1. The number of ether oxygens (including phenoxy) is 1. The minimum Gasteiger partial charge on any atom is -0.481 e. The van der Waals surface area contributed by atoms with Crippen molar-refractivity contribution in [3.63, 3.8) is 0 Å². The molecule has 1 saturated heterocycles. The predicted octanol–water partition coefficient (Wildman–Crippen LogP) is 1.08. The molecule has 0 radical (unpaired) electrons. The minimum atomic E-state index is -0.955. The molecule has 0 spiro atoms. The Bertz CT molecular complexity index is 416. The maximum Gasteiger partial charge on any atom is 0.317 e. The molecule has 120 valence electrons. The number of esters is 1. The number of aliphatic carboxylic acids is 1. The summed E-state index contributed by atoms with van der Waals surface area (Å²) in [5.41, 5.74) is -0.366. The third-order valence-corrected chi connectivity index (χ3v) is 3.73. The molecule has 1 aliphatic rings. The van der Waals surface area contributed by atoms with Crippen molar-refractivity contribution in [2.45, 2.75) is 39.7 Å². The van der Waals surface area contributed by atoms with Crippen LogP contribution >= 0.6 is 0 Å². The SMILES string of the molecule is COC(=O)C1CCN(C(=O)NC(CC(=O)O)C(C)(C)C)C1. The number of amides is 2. The highest BCUT2D eigenvalue weighted by atomic mass is 16.5. The topological polar surface area (TPSA) is 95.9 Å². The van der Waals surface area contributed by atoms with Crippen molar-refractivity contribution in [1.82, 2.24) is 10.2 Å². The zero-order chi connectivity index (χ0) is 16.2. The van der Waals surface area contributed by atoms with Crippen molar-refractivity contribution < 1.29 is 24.2 Å². The average molecular weight is 300 g/mol. The number of carbonyl (C=O) groups excluding carboxylic acids is 2. The summed E-state index contributed by atoms with van der Waals surface area (Å²) >= 11 is 0. The van der Waals surface area contributed by atoms with Gasteiger partial charge in [0, 0.05) is 19.1 Å². The summed E-state index contributed by atoms with van der Waals surface area (Å²) in [6, 6.07) is -0.803. The van der Waals surface area contributed by atoms with Gasteiger partial charge in [0.25, 0.3) is 0 Å². The van der Waals surface area contributed by atoms with E-state index in [9.17, 15) is 14.4 Å². The molecule has 7 nitrogen and oxygen atoms in total. The van der Waals surface area contributed by atoms with Gasteiger partial charge in [0.05, 0.1) is 19.4 Å². The summed E-state index contributed by atoms with van der Waals surface area (Å²) in [6.45, 7) is 6.41. The van der Waals surface area contributed by atoms with Crippen LogP contribution in [0.5, 0.6) is 0 Å². The lowest BCUT2D eigenvalue weighted by molar-refractivity contribution is -0.144. The van der Waals surface area contributed by atoms with E-state index < -0.39 is 12.0 Å². The zero-order valence-corrected chi connectivity index (χ0v) is 13.0. The number of nitrogens with one attached hydrogen (secondary N) is 1. The standard InChI is InChI=1S/C14H24N2O5/c1-14(2,3)10(7-11(17)18)15-13(20)16-6-5-9(8-16)12(19)21-4/h9-10H,5-8H2,1-4H3,(H,15,20)(H,17,18). The summed E-state index contributed by atoms with van der Waals surface area (Å²) in [5, 5.41) is 11.7. The van der Waals surface area contributed by atoms with Crippen LogP contribution in [0.4, 0.5) is 4.79 Å². The summed E-state index contributed by atoms with van der Waals surface area (Å²) in [4.78, 5) is 36.1. The molecule has 1 aliphatic heterocycles. The van der Waals surface area contributed by atoms with Gasteiger partial charge in [-0.1, -0.05) is 20.8 Å². The van der Waals surface area contributed by atoms with E-state index in [0.717, 1.165) is 0 Å². The van der Waals surface area contributed by atoms with Gasteiger partial charge in [0.1, 0.15) is 0 Å². The van der Waals surface area contributed by atoms with E-state index in [4.69, 9.17) is 5.11 Å². The molecule has 21 heavy (non-hydrogen) atoms. The zero-order valence-electron chi connectivity index (χ0n) is 13.0. The van der Waals surface area contributed by atoms with E-state index in [1.165, 1.54) is 12.0 Å². The van der Waals surface area contributed by atoms with E-state index in [-0.39, 0.29) is 29.8 Å². The molecular weight excluding hydrogens is 276 g/mol. The number of hydrogen-bond donors (Lipinski definition) is 2. The monoisotopic (exact) mass is 300 g/mol. The van der Waals surface area contributed by atoms with Crippen molar-refractivity contribution in [2.75, 3.05) is 20.2 Å². The molecule has 1 fully saturated rings. The number of hydrogen-bond acceptors (Lipinski definition) is 4. The third-order valence-electron chi connectivity index (χ3n) is 3.73. The fraction of sp³-hybridized carbons (Fsp3) is 0.786. The highest BCUT2D eigenvalue weighted by Crippen LogP contribution is 2.23. The largest absolute Gasteiger partial charge is 0.481 e. The Hall–Kier alpha value is -1.79. The van der Waals surface area contributed by atoms with Gasteiger partial charge in [-0.3, -0.25) is 9.59 Å². The predicted molar refractivity (Wildman–Crippen MR) is 75.7 cm³/mol. The normalized spacial score (nSPS) is 20.0. The van der Waals surface area contributed by atoms with Crippen LogP contribution in [-0.2, 0) is 14.3 Å². The van der Waals surface area contributed by atoms with Crippen molar-refractivity contribution >= 4 is 18.0 Å². The smallest absolute Gasteiger partial charge is 0.317 e. The van der Waals surface area contributed by atoms with E-state index >= 15 is 0 Å². The van der Waals surface area contributed by atoms with E-state index in [1.807, 2.05) is 20.8 Å². The Labute approximate surface area is 124 Å².